The van der Waals surface area contributed by atoms with Gasteiger partial charge in [-0.05, 0) is 19.1 Å². The SMILES string of the molecule is CC(N)CC(=O)Nc1ccccc1N(C)C. The summed E-state index contributed by atoms with van der Waals surface area (Å²) in [6.45, 7) is 1.82. The van der Waals surface area contributed by atoms with E-state index in [1.165, 1.54) is 0 Å². The topological polar surface area (TPSA) is 58.4 Å². The Bertz CT molecular complexity index is 361. The van der Waals surface area contributed by atoms with Crippen molar-refractivity contribution in [3.8, 4) is 0 Å². The molecule has 88 valence electrons. The maximum Gasteiger partial charge on any atom is 0.225 e. The largest absolute Gasteiger partial charge is 0.376 e. The van der Waals surface area contributed by atoms with Crippen LogP contribution < -0.4 is 16.0 Å². The number of nitrogens with one attached hydrogen (secondary N) is 1. The number of amides is 1. The lowest BCUT2D eigenvalue weighted by atomic mass is 10.2. The summed E-state index contributed by atoms with van der Waals surface area (Å²) >= 11 is 0. The van der Waals surface area contributed by atoms with Crippen molar-refractivity contribution in [3.63, 3.8) is 0 Å². The van der Waals surface area contributed by atoms with Crippen molar-refractivity contribution < 1.29 is 4.79 Å². The highest BCUT2D eigenvalue weighted by Crippen LogP contribution is 2.23. The number of benzene rings is 1. The molecule has 1 amide bonds. The van der Waals surface area contributed by atoms with Crippen molar-refractivity contribution in [3.05, 3.63) is 24.3 Å². The quantitative estimate of drug-likeness (QED) is 0.808. The average Bonchev–Trinajstić information content (AvgIpc) is 2.16. The van der Waals surface area contributed by atoms with Crippen LogP contribution in [0.25, 0.3) is 0 Å². The maximum atomic E-state index is 11.6. The van der Waals surface area contributed by atoms with E-state index < -0.39 is 0 Å². The summed E-state index contributed by atoms with van der Waals surface area (Å²) < 4.78 is 0. The Balaban J connectivity index is 2.77. The Kier molecular flexibility index (Phi) is 4.31. The second-order valence-electron chi connectivity index (χ2n) is 4.14. The summed E-state index contributed by atoms with van der Waals surface area (Å²) in [5, 5.41) is 2.86. The lowest BCUT2D eigenvalue weighted by Crippen LogP contribution is -2.24. The number of para-hydroxylation sites is 2. The molecule has 0 bridgehead atoms. The van der Waals surface area contributed by atoms with Gasteiger partial charge >= 0.3 is 0 Å². The number of carbonyl (C=O) groups is 1. The average molecular weight is 221 g/mol. The van der Waals surface area contributed by atoms with Crippen molar-refractivity contribution in [1.82, 2.24) is 0 Å². The van der Waals surface area contributed by atoms with Crippen LogP contribution in [-0.4, -0.2) is 26.0 Å². The molecule has 0 aliphatic rings. The molecule has 0 aliphatic heterocycles. The van der Waals surface area contributed by atoms with Crippen molar-refractivity contribution in [2.45, 2.75) is 19.4 Å². The molecule has 0 spiro atoms. The first-order valence-electron chi connectivity index (χ1n) is 5.32. The Morgan fingerprint density at radius 2 is 2.06 bits per heavy atom. The summed E-state index contributed by atoms with van der Waals surface area (Å²) in [6, 6.07) is 7.56. The van der Waals surface area contributed by atoms with E-state index in [4.69, 9.17) is 5.73 Å². The lowest BCUT2D eigenvalue weighted by Gasteiger charge is -2.18. The molecule has 4 nitrogen and oxygen atoms in total. The van der Waals surface area contributed by atoms with Gasteiger partial charge < -0.3 is 16.0 Å². The number of rotatable bonds is 4. The van der Waals surface area contributed by atoms with Crippen LogP contribution in [0.2, 0.25) is 0 Å². The van der Waals surface area contributed by atoms with Gasteiger partial charge in [0, 0.05) is 26.6 Å². The summed E-state index contributed by atoms with van der Waals surface area (Å²) in [7, 11) is 3.88. The van der Waals surface area contributed by atoms with E-state index in [-0.39, 0.29) is 11.9 Å². The molecule has 1 atom stereocenters. The second-order valence-corrected chi connectivity index (χ2v) is 4.14. The normalized spacial score (nSPS) is 12.0. The van der Waals surface area contributed by atoms with Gasteiger partial charge in [-0.15, -0.1) is 0 Å². The van der Waals surface area contributed by atoms with Crippen molar-refractivity contribution in [2.24, 2.45) is 5.73 Å². The fraction of sp³-hybridized carbons (Fsp3) is 0.417. The van der Waals surface area contributed by atoms with Gasteiger partial charge in [0.1, 0.15) is 0 Å². The molecule has 1 aromatic carbocycles. The first-order chi connectivity index (χ1) is 7.50. The fourth-order valence-corrected chi connectivity index (χ4v) is 1.46. The summed E-state index contributed by atoms with van der Waals surface area (Å²) in [4.78, 5) is 13.5. The van der Waals surface area contributed by atoms with Gasteiger partial charge in [0.2, 0.25) is 5.91 Å². The van der Waals surface area contributed by atoms with Crippen LogP contribution in [-0.2, 0) is 4.79 Å². The van der Waals surface area contributed by atoms with E-state index in [1.54, 1.807) is 0 Å². The van der Waals surface area contributed by atoms with Crippen molar-refractivity contribution in [2.75, 3.05) is 24.3 Å². The Morgan fingerprint density at radius 1 is 1.44 bits per heavy atom. The van der Waals surface area contributed by atoms with Crippen LogP contribution in [0.4, 0.5) is 11.4 Å². The first-order valence-corrected chi connectivity index (χ1v) is 5.32. The highest BCUT2D eigenvalue weighted by atomic mass is 16.1. The van der Waals surface area contributed by atoms with Crippen LogP contribution in [0.3, 0.4) is 0 Å². The summed E-state index contributed by atoms with van der Waals surface area (Å²) in [6.07, 6.45) is 0.335. The minimum Gasteiger partial charge on any atom is -0.376 e. The number of hydrogen-bond acceptors (Lipinski definition) is 3. The number of anilines is 2. The molecule has 1 rings (SSSR count). The molecular weight excluding hydrogens is 202 g/mol. The Morgan fingerprint density at radius 3 is 2.62 bits per heavy atom. The molecule has 1 aromatic rings. The lowest BCUT2D eigenvalue weighted by molar-refractivity contribution is -0.116. The third-order valence-corrected chi connectivity index (χ3v) is 2.17. The molecule has 0 aromatic heterocycles. The molecule has 0 heterocycles. The molecule has 4 heteroatoms. The zero-order valence-corrected chi connectivity index (χ0v) is 10.0. The minimum absolute atomic E-state index is 0.0516. The third-order valence-electron chi connectivity index (χ3n) is 2.17. The third kappa shape index (κ3) is 3.55. The zero-order chi connectivity index (χ0) is 12.1. The minimum atomic E-state index is -0.119. The number of nitrogens with two attached hydrogens (primary N) is 1. The smallest absolute Gasteiger partial charge is 0.225 e. The molecular formula is C12H19N3O. The van der Waals surface area contributed by atoms with Gasteiger partial charge in [-0.3, -0.25) is 4.79 Å². The zero-order valence-electron chi connectivity index (χ0n) is 10.0. The summed E-state index contributed by atoms with van der Waals surface area (Å²) in [5.41, 5.74) is 7.38. The van der Waals surface area contributed by atoms with E-state index in [0.29, 0.717) is 6.42 Å². The predicted molar refractivity (Wildman–Crippen MR) is 67.7 cm³/mol. The van der Waals surface area contributed by atoms with Gasteiger partial charge in [-0.2, -0.15) is 0 Å². The van der Waals surface area contributed by atoms with Gasteiger partial charge in [-0.25, -0.2) is 0 Å². The van der Waals surface area contributed by atoms with E-state index in [2.05, 4.69) is 5.32 Å². The van der Waals surface area contributed by atoms with E-state index >= 15 is 0 Å². The van der Waals surface area contributed by atoms with E-state index in [1.807, 2.05) is 50.2 Å². The van der Waals surface area contributed by atoms with Crippen molar-refractivity contribution in [1.29, 1.82) is 0 Å². The molecule has 0 saturated heterocycles. The fourth-order valence-electron chi connectivity index (χ4n) is 1.46. The molecule has 16 heavy (non-hydrogen) atoms. The number of nitrogens with zero attached hydrogens (tertiary/aromatic N) is 1. The van der Waals surface area contributed by atoms with Gasteiger partial charge in [0.15, 0.2) is 0 Å². The Labute approximate surface area is 96.4 Å². The first kappa shape index (κ1) is 12.5. The molecule has 0 radical (unpaired) electrons. The molecule has 1 unspecified atom stereocenters. The Hall–Kier alpha value is -1.55. The highest BCUT2D eigenvalue weighted by Gasteiger charge is 2.09. The summed E-state index contributed by atoms with van der Waals surface area (Å²) in [5.74, 6) is -0.0516. The molecule has 3 N–H and O–H groups in total. The monoisotopic (exact) mass is 221 g/mol. The number of carbonyl (C=O) groups excluding carboxylic acids is 1. The van der Waals surface area contributed by atoms with Crippen LogP contribution in [0.1, 0.15) is 13.3 Å². The highest BCUT2D eigenvalue weighted by molar-refractivity contribution is 5.94. The standard InChI is InChI=1S/C12H19N3O/c1-9(13)8-12(16)14-10-6-4-5-7-11(10)15(2)3/h4-7,9H,8,13H2,1-3H3,(H,14,16). The van der Waals surface area contributed by atoms with E-state index in [0.717, 1.165) is 11.4 Å². The maximum absolute atomic E-state index is 11.6. The van der Waals surface area contributed by atoms with E-state index in [9.17, 15) is 4.79 Å². The second kappa shape index (κ2) is 5.51. The van der Waals surface area contributed by atoms with Gasteiger partial charge in [0.05, 0.1) is 11.4 Å². The van der Waals surface area contributed by atoms with Crippen molar-refractivity contribution >= 4 is 17.3 Å². The molecule has 0 fully saturated rings. The van der Waals surface area contributed by atoms with Crippen LogP contribution in [0.5, 0.6) is 0 Å². The van der Waals surface area contributed by atoms with Crippen LogP contribution in [0, 0.1) is 0 Å². The predicted octanol–water partition coefficient (Wildman–Crippen LogP) is 1.43. The molecule has 0 saturated carbocycles. The van der Waals surface area contributed by atoms with Crippen LogP contribution >= 0.6 is 0 Å². The number of hydrogen-bond donors (Lipinski definition) is 2. The van der Waals surface area contributed by atoms with Crippen LogP contribution in [0.15, 0.2) is 24.3 Å². The van der Waals surface area contributed by atoms with Gasteiger partial charge in [-0.1, -0.05) is 12.1 Å². The molecule has 0 aliphatic carbocycles. The van der Waals surface area contributed by atoms with Gasteiger partial charge in [0.25, 0.3) is 0 Å².